The van der Waals surface area contributed by atoms with Crippen molar-refractivity contribution in [3.63, 3.8) is 0 Å². The highest BCUT2D eigenvalue weighted by Gasteiger charge is 2.50. The van der Waals surface area contributed by atoms with E-state index in [-0.39, 0.29) is 67.1 Å². The van der Waals surface area contributed by atoms with Crippen molar-refractivity contribution in [3.8, 4) is 0 Å². The number of nitrogens with two attached hydrogens (primary N) is 1. The molecule has 306 valence electrons. The van der Waals surface area contributed by atoms with Crippen molar-refractivity contribution >= 4 is 57.8 Å². The number of anilines is 2. The molecule has 1 saturated heterocycles. The molecule has 1 atom stereocenters. The molecular formula is C41H51FN6O9. The van der Waals surface area contributed by atoms with E-state index in [9.17, 15) is 38.7 Å². The Bertz CT molecular complexity index is 2070. The Hall–Kier alpha value is -5.80. The van der Waals surface area contributed by atoms with Crippen molar-refractivity contribution < 1.29 is 43.0 Å². The van der Waals surface area contributed by atoms with E-state index in [1.165, 1.54) is 17.2 Å². The Morgan fingerprint density at radius 3 is 2.23 bits per heavy atom. The van der Waals surface area contributed by atoms with E-state index < -0.39 is 46.2 Å². The minimum atomic E-state index is -1.38. The highest BCUT2D eigenvalue weighted by molar-refractivity contribution is 6.09. The summed E-state index contributed by atoms with van der Waals surface area (Å²) >= 11 is 0. The number of aromatic nitrogens is 1. The minimum absolute atomic E-state index is 0.0221. The van der Waals surface area contributed by atoms with Gasteiger partial charge >= 0.3 is 18.1 Å². The number of benzene rings is 2. The van der Waals surface area contributed by atoms with E-state index in [2.05, 4.69) is 10.6 Å². The molecule has 0 spiro atoms. The second-order valence-electron chi connectivity index (χ2n) is 15.2. The Balaban J connectivity index is 1.15. The highest BCUT2D eigenvalue weighted by Crippen LogP contribution is 2.45. The number of ketones is 2. The van der Waals surface area contributed by atoms with Crippen molar-refractivity contribution in [2.45, 2.75) is 78.9 Å². The molecule has 2 heterocycles. The fourth-order valence-corrected chi connectivity index (χ4v) is 7.47. The maximum Gasteiger partial charge on any atom is 0.410 e. The number of carboxylic acid groups (broad SMARTS) is 1. The number of hydrogen-bond acceptors (Lipinski definition) is 9. The van der Waals surface area contributed by atoms with E-state index in [1.807, 2.05) is 13.8 Å². The number of hydrogen-bond donors (Lipinski definition) is 4. The zero-order chi connectivity index (χ0) is 41.4. The number of fused-ring (bicyclic) bond motifs is 1. The van der Waals surface area contributed by atoms with Gasteiger partial charge in [0.1, 0.15) is 29.6 Å². The third-order valence-electron chi connectivity index (χ3n) is 10.9. The van der Waals surface area contributed by atoms with Crippen LogP contribution in [0, 0.1) is 23.1 Å². The van der Waals surface area contributed by atoms with Gasteiger partial charge in [-0.1, -0.05) is 32.4 Å². The van der Waals surface area contributed by atoms with Gasteiger partial charge < -0.3 is 40.6 Å². The average Bonchev–Trinajstić information content (AvgIpc) is 3.14. The van der Waals surface area contributed by atoms with Crippen LogP contribution in [-0.4, -0.2) is 82.9 Å². The van der Waals surface area contributed by atoms with E-state index in [4.69, 9.17) is 10.5 Å². The monoisotopic (exact) mass is 790 g/mol. The number of primary amides is 1. The number of carboxylic acids is 1. The Morgan fingerprint density at radius 2 is 1.65 bits per heavy atom. The number of aromatic carboxylic acids is 1. The Labute approximate surface area is 329 Å². The summed E-state index contributed by atoms with van der Waals surface area (Å²) in [5.74, 6) is -3.34. The van der Waals surface area contributed by atoms with Gasteiger partial charge in [-0.15, -0.1) is 0 Å². The summed E-state index contributed by atoms with van der Waals surface area (Å²) in [6.07, 6.45) is 3.38. The lowest BCUT2D eigenvalue weighted by Crippen LogP contribution is -2.49. The lowest BCUT2D eigenvalue weighted by Gasteiger charge is -2.40. The molecule has 57 heavy (non-hydrogen) atoms. The molecule has 16 heteroatoms. The van der Waals surface area contributed by atoms with Crippen molar-refractivity contribution in [1.29, 1.82) is 0 Å². The highest BCUT2D eigenvalue weighted by atomic mass is 19.1. The van der Waals surface area contributed by atoms with Gasteiger partial charge in [-0.25, -0.2) is 18.8 Å². The maximum atomic E-state index is 15.3. The van der Waals surface area contributed by atoms with Crippen LogP contribution in [-0.2, 0) is 32.3 Å². The zero-order valence-corrected chi connectivity index (χ0v) is 32.6. The second-order valence-corrected chi connectivity index (χ2v) is 15.2. The molecule has 2 aromatic carbocycles. The van der Waals surface area contributed by atoms with E-state index in [1.54, 1.807) is 40.7 Å². The Morgan fingerprint density at radius 1 is 0.982 bits per heavy atom. The van der Waals surface area contributed by atoms with Crippen LogP contribution < -0.4 is 26.7 Å². The molecule has 1 aliphatic carbocycles. The molecule has 0 bridgehead atoms. The van der Waals surface area contributed by atoms with Gasteiger partial charge in [-0.05, 0) is 68.4 Å². The molecule has 1 aromatic heterocycles. The predicted octanol–water partition coefficient (Wildman–Crippen LogP) is 5.07. The lowest BCUT2D eigenvalue weighted by molar-refractivity contribution is -0.148. The molecular weight excluding hydrogens is 739 g/mol. The average molecular weight is 791 g/mol. The SMILES string of the molecule is CCn1cc(C(=O)O)c(=O)c2cc(F)c(N3CCN(C(=O)OCc4ccc(NC(=O)[C@H](CCCNC(N)=O)CC(=O)C5(C(=O)CC(C)C)CCC5)cc4)CC3)cc21. The summed E-state index contributed by atoms with van der Waals surface area (Å²) in [4.78, 5) is 91.9. The molecule has 0 radical (unpaired) electrons. The number of amides is 4. The number of pyridine rings is 1. The molecule has 2 fully saturated rings. The molecule has 4 amide bonds. The van der Waals surface area contributed by atoms with Crippen molar-refractivity contribution in [1.82, 2.24) is 14.8 Å². The van der Waals surface area contributed by atoms with Crippen LogP contribution in [0.5, 0.6) is 0 Å². The van der Waals surface area contributed by atoms with Crippen LogP contribution >= 0.6 is 0 Å². The summed E-state index contributed by atoms with van der Waals surface area (Å²) < 4.78 is 22.4. The molecule has 5 rings (SSSR count). The number of urea groups is 1. The van der Waals surface area contributed by atoms with Gasteiger partial charge in [-0.2, -0.15) is 0 Å². The van der Waals surface area contributed by atoms with E-state index in [0.717, 1.165) is 12.5 Å². The van der Waals surface area contributed by atoms with Gasteiger partial charge in [0.05, 0.1) is 16.6 Å². The van der Waals surface area contributed by atoms with Crippen LogP contribution in [0.4, 0.5) is 25.4 Å². The number of carbonyl (C=O) groups is 6. The maximum absolute atomic E-state index is 15.3. The number of aryl methyl sites for hydroxylation is 1. The molecule has 3 aromatic rings. The van der Waals surface area contributed by atoms with Gasteiger partial charge in [-0.3, -0.25) is 19.2 Å². The molecule has 1 aliphatic heterocycles. The topological polar surface area (TPSA) is 210 Å². The molecule has 5 N–H and O–H groups in total. The lowest BCUT2D eigenvalue weighted by atomic mass is 9.60. The number of piperazine rings is 1. The third kappa shape index (κ3) is 9.96. The number of Topliss-reactive ketones (excluding diaryl/α,β-unsaturated/α-hetero) is 2. The first-order valence-corrected chi connectivity index (χ1v) is 19.4. The van der Waals surface area contributed by atoms with E-state index in [0.29, 0.717) is 68.5 Å². The number of rotatable bonds is 17. The number of nitrogens with zero attached hydrogens (tertiary/aromatic N) is 3. The summed E-state index contributed by atoms with van der Waals surface area (Å²) in [7, 11) is 0. The van der Waals surface area contributed by atoms with Crippen molar-refractivity contribution in [3.05, 3.63) is 69.8 Å². The largest absolute Gasteiger partial charge is 0.477 e. The summed E-state index contributed by atoms with van der Waals surface area (Å²) in [6, 6.07) is 8.63. The number of nitrogens with one attached hydrogen (secondary N) is 2. The van der Waals surface area contributed by atoms with Gasteiger partial charge in [0.25, 0.3) is 0 Å². The molecule has 0 unspecified atom stereocenters. The fraction of sp³-hybridized carbons (Fsp3) is 0.488. The first-order valence-electron chi connectivity index (χ1n) is 19.4. The quantitative estimate of drug-likeness (QED) is 0.105. The number of halogens is 1. The normalized spacial score (nSPS) is 15.5. The van der Waals surface area contributed by atoms with Crippen molar-refractivity contribution in [2.24, 2.45) is 23.0 Å². The zero-order valence-electron chi connectivity index (χ0n) is 32.6. The summed E-state index contributed by atoms with van der Waals surface area (Å²) in [6.45, 7) is 7.28. The molecule has 2 aliphatic rings. The fourth-order valence-electron chi connectivity index (χ4n) is 7.47. The van der Waals surface area contributed by atoms with Crippen molar-refractivity contribution in [2.75, 3.05) is 42.9 Å². The first kappa shape index (κ1) is 42.3. The Kier molecular flexibility index (Phi) is 13.7. The second kappa shape index (κ2) is 18.4. The van der Waals surface area contributed by atoms with Crippen LogP contribution in [0.25, 0.3) is 10.9 Å². The summed E-state index contributed by atoms with van der Waals surface area (Å²) in [5, 5.41) is 14.8. The predicted molar refractivity (Wildman–Crippen MR) is 211 cm³/mol. The van der Waals surface area contributed by atoms with Crippen LogP contribution in [0.2, 0.25) is 0 Å². The van der Waals surface area contributed by atoms with E-state index >= 15 is 4.39 Å². The van der Waals surface area contributed by atoms with Gasteiger partial charge in [0.15, 0.2) is 0 Å². The third-order valence-corrected chi connectivity index (χ3v) is 10.9. The number of carbonyl (C=O) groups excluding carboxylic acids is 5. The molecule has 15 nitrogen and oxygen atoms in total. The minimum Gasteiger partial charge on any atom is -0.477 e. The number of ether oxygens (including phenoxy) is 1. The standard InChI is InChI=1S/C41H51FN6O9/c1-4-46-23-30(38(53)54)36(51)29-21-31(42)33(22-32(29)46)47-15-17-48(18-16-47)40(56)57-24-26-8-10-28(11-9-26)45-37(52)27(7-5-14-44-39(43)55)20-35(50)41(12-6-13-41)34(49)19-25(2)3/h8-11,21-23,25,27H,4-7,12-20,24H2,1-3H3,(H,45,52)(H,53,54)(H3,43,44,55)/t27-/m1/s1. The summed E-state index contributed by atoms with van der Waals surface area (Å²) in [5.41, 5.74) is 4.73. The smallest absolute Gasteiger partial charge is 0.410 e. The molecule has 1 saturated carbocycles. The van der Waals surface area contributed by atoms with Gasteiger partial charge in [0, 0.05) is 75.3 Å². The van der Waals surface area contributed by atoms with Crippen LogP contribution in [0.15, 0.2) is 47.4 Å². The van der Waals surface area contributed by atoms with Crippen LogP contribution in [0.3, 0.4) is 0 Å². The first-order chi connectivity index (χ1) is 27.1. The van der Waals surface area contributed by atoms with Gasteiger partial charge in [0.2, 0.25) is 11.3 Å². The van der Waals surface area contributed by atoms with Crippen LogP contribution in [0.1, 0.15) is 81.6 Å².